The lowest BCUT2D eigenvalue weighted by molar-refractivity contribution is 1.03. The van der Waals surface area contributed by atoms with E-state index in [4.69, 9.17) is 11.6 Å². The number of aryl methyl sites for hydroxylation is 1. The lowest BCUT2D eigenvalue weighted by Gasteiger charge is -2.10. The number of rotatable bonds is 4. The van der Waals surface area contributed by atoms with Gasteiger partial charge in [-0.15, -0.1) is 0 Å². The van der Waals surface area contributed by atoms with E-state index in [-0.39, 0.29) is 0 Å². The van der Waals surface area contributed by atoms with Gasteiger partial charge in [0.05, 0.1) is 9.50 Å². The Bertz CT molecular complexity index is 543. The molecule has 1 heterocycles. The van der Waals surface area contributed by atoms with Crippen molar-refractivity contribution < 1.29 is 0 Å². The van der Waals surface area contributed by atoms with Gasteiger partial charge in [-0.2, -0.15) is 0 Å². The number of nitrogens with zero attached hydrogens (tertiary/aromatic N) is 1. The zero-order valence-corrected chi connectivity index (χ0v) is 12.4. The highest BCUT2D eigenvalue weighted by Crippen LogP contribution is 2.23. The lowest BCUT2D eigenvalue weighted by Crippen LogP contribution is -2.04. The van der Waals surface area contributed by atoms with Gasteiger partial charge in [0.15, 0.2) is 0 Å². The van der Waals surface area contributed by atoms with Crippen LogP contribution >= 0.6 is 27.5 Å². The minimum Gasteiger partial charge on any atom is -0.365 e. The number of benzene rings is 1. The molecule has 0 fully saturated rings. The molecular formula is C14H14BrClN2. The van der Waals surface area contributed by atoms with E-state index in [1.165, 1.54) is 11.1 Å². The first-order chi connectivity index (χ1) is 8.70. The number of halogens is 2. The normalized spacial score (nSPS) is 10.4. The fourth-order valence-corrected chi connectivity index (χ4v) is 2.58. The van der Waals surface area contributed by atoms with E-state index in [0.29, 0.717) is 5.02 Å². The van der Waals surface area contributed by atoms with Gasteiger partial charge in [0.2, 0.25) is 0 Å². The first-order valence-electron chi connectivity index (χ1n) is 5.82. The molecule has 0 aliphatic carbocycles. The van der Waals surface area contributed by atoms with Crippen LogP contribution in [-0.2, 0) is 13.0 Å². The minimum atomic E-state index is 0.626. The zero-order chi connectivity index (χ0) is 13.0. The second-order valence-electron chi connectivity index (χ2n) is 3.96. The van der Waals surface area contributed by atoms with Crippen molar-refractivity contribution in [1.29, 1.82) is 0 Å². The van der Waals surface area contributed by atoms with Crippen LogP contribution in [0.2, 0.25) is 5.02 Å². The highest BCUT2D eigenvalue weighted by molar-refractivity contribution is 9.10. The molecule has 0 aliphatic heterocycles. The van der Waals surface area contributed by atoms with Gasteiger partial charge in [0.1, 0.15) is 5.82 Å². The van der Waals surface area contributed by atoms with Crippen LogP contribution in [0.4, 0.5) is 5.82 Å². The Morgan fingerprint density at radius 3 is 2.67 bits per heavy atom. The molecule has 0 saturated heterocycles. The molecule has 0 saturated carbocycles. The summed E-state index contributed by atoms with van der Waals surface area (Å²) in [7, 11) is 0. The molecule has 94 valence electrons. The summed E-state index contributed by atoms with van der Waals surface area (Å²) in [6.07, 6.45) is 2.67. The van der Waals surface area contributed by atoms with Gasteiger partial charge in [-0.1, -0.05) is 42.8 Å². The first kappa shape index (κ1) is 13.4. The van der Waals surface area contributed by atoms with Crippen molar-refractivity contribution in [3.05, 3.63) is 57.2 Å². The van der Waals surface area contributed by atoms with Gasteiger partial charge in [0.25, 0.3) is 0 Å². The molecule has 2 nitrogen and oxygen atoms in total. The van der Waals surface area contributed by atoms with Gasteiger partial charge in [-0.25, -0.2) is 4.98 Å². The summed E-state index contributed by atoms with van der Waals surface area (Å²) in [6, 6.07) is 10.2. The van der Waals surface area contributed by atoms with Crippen molar-refractivity contribution in [2.75, 3.05) is 5.32 Å². The summed E-state index contributed by atoms with van der Waals surface area (Å²) in [6.45, 7) is 2.92. The van der Waals surface area contributed by atoms with Crippen LogP contribution in [0.1, 0.15) is 18.1 Å². The van der Waals surface area contributed by atoms with E-state index in [1.54, 1.807) is 6.20 Å². The first-order valence-corrected chi connectivity index (χ1v) is 6.99. The average Bonchev–Trinajstić information content (AvgIpc) is 2.38. The molecular weight excluding hydrogens is 312 g/mol. The SMILES string of the molecule is CCc1ccccc1CNc1ncc(Cl)cc1Br. The monoisotopic (exact) mass is 324 g/mol. The van der Waals surface area contributed by atoms with Crippen LogP contribution in [0, 0.1) is 0 Å². The zero-order valence-electron chi connectivity index (χ0n) is 10.1. The maximum Gasteiger partial charge on any atom is 0.140 e. The molecule has 0 unspecified atom stereocenters. The summed E-state index contributed by atoms with van der Waals surface area (Å²) in [4.78, 5) is 4.26. The van der Waals surface area contributed by atoms with E-state index < -0.39 is 0 Å². The van der Waals surface area contributed by atoms with Gasteiger partial charge in [0, 0.05) is 12.7 Å². The number of nitrogens with one attached hydrogen (secondary N) is 1. The summed E-state index contributed by atoms with van der Waals surface area (Å²) < 4.78 is 0.879. The Balaban J connectivity index is 2.11. The molecule has 1 aromatic heterocycles. The molecule has 1 aromatic carbocycles. The highest BCUT2D eigenvalue weighted by Gasteiger charge is 2.04. The number of hydrogen-bond acceptors (Lipinski definition) is 2. The van der Waals surface area contributed by atoms with Crippen molar-refractivity contribution in [3.8, 4) is 0 Å². The smallest absolute Gasteiger partial charge is 0.140 e. The highest BCUT2D eigenvalue weighted by atomic mass is 79.9. The molecule has 0 spiro atoms. The molecule has 0 aliphatic rings. The van der Waals surface area contributed by atoms with Crippen molar-refractivity contribution in [2.24, 2.45) is 0 Å². The number of anilines is 1. The van der Waals surface area contributed by atoms with Crippen molar-refractivity contribution in [2.45, 2.75) is 19.9 Å². The van der Waals surface area contributed by atoms with E-state index >= 15 is 0 Å². The molecule has 2 rings (SSSR count). The topological polar surface area (TPSA) is 24.9 Å². The number of hydrogen-bond donors (Lipinski definition) is 1. The van der Waals surface area contributed by atoms with Crippen molar-refractivity contribution in [3.63, 3.8) is 0 Å². The summed E-state index contributed by atoms with van der Waals surface area (Å²) in [5.74, 6) is 0.810. The van der Waals surface area contributed by atoms with E-state index in [9.17, 15) is 0 Å². The average molecular weight is 326 g/mol. The summed E-state index contributed by atoms with van der Waals surface area (Å²) >= 11 is 9.31. The van der Waals surface area contributed by atoms with Crippen LogP contribution in [0.15, 0.2) is 41.0 Å². The standard InChI is InChI=1S/C14H14BrClN2/c1-2-10-5-3-4-6-11(10)8-17-14-13(15)7-12(16)9-18-14/h3-7,9H,2,8H2,1H3,(H,17,18). The fraction of sp³-hybridized carbons (Fsp3) is 0.214. The predicted molar refractivity (Wildman–Crippen MR) is 80.1 cm³/mol. The Morgan fingerprint density at radius 2 is 2.00 bits per heavy atom. The Kier molecular flexibility index (Phi) is 4.61. The second-order valence-corrected chi connectivity index (χ2v) is 5.25. The Labute approximate surface area is 121 Å². The molecule has 2 aromatic rings. The van der Waals surface area contributed by atoms with Crippen LogP contribution in [0.5, 0.6) is 0 Å². The van der Waals surface area contributed by atoms with Crippen LogP contribution < -0.4 is 5.32 Å². The summed E-state index contributed by atoms with van der Waals surface area (Å²) in [5, 5.41) is 3.94. The quantitative estimate of drug-likeness (QED) is 0.883. The van der Waals surface area contributed by atoms with Gasteiger partial charge >= 0.3 is 0 Å². The molecule has 0 bridgehead atoms. The molecule has 0 amide bonds. The third-order valence-electron chi connectivity index (χ3n) is 2.75. The number of pyridine rings is 1. The predicted octanol–water partition coefficient (Wildman–Crippen LogP) is 4.67. The van der Waals surface area contributed by atoms with Crippen LogP contribution in [-0.4, -0.2) is 4.98 Å². The number of aromatic nitrogens is 1. The molecule has 4 heteroatoms. The fourth-order valence-electron chi connectivity index (χ4n) is 1.80. The molecule has 18 heavy (non-hydrogen) atoms. The Hall–Kier alpha value is -1.06. The molecule has 0 atom stereocenters. The van der Waals surface area contributed by atoms with Gasteiger partial charge in [-0.3, -0.25) is 0 Å². The van der Waals surface area contributed by atoms with Crippen molar-refractivity contribution >= 4 is 33.3 Å². The maximum atomic E-state index is 5.86. The van der Waals surface area contributed by atoms with E-state index in [0.717, 1.165) is 23.3 Å². The summed E-state index contributed by atoms with van der Waals surface area (Å²) in [5.41, 5.74) is 2.65. The largest absolute Gasteiger partial charge is 0.365 e. The molecule has 0 radical (unpaired) electrons. The third-order valence-corrected chi connectivity index (χ3v) is 3.56. The second kappa shape index (κ2) is 6.21. The van der Waals surface area contributed by atoms with Crippen molar-refractivity contribution in [1.82, 2.24) is 4.98 Å². The molecule has 1 N–H and O–H groups in total. The maximum absolute atomic E-state index is 5.86. The van der Waals surface area contributed by atoms with Crippen LogP contribution in [0.3, 0.4) is 0 Å². The Morgan fingerprint density at radius 1 is 1.28 bits per heavy atom. The third kappa shape index (κ3) is 3.24. The lowest BCUT2D eigenvalue weighted by atomic mass is 10.1. The minimum absolute atomic E-state index is 0.626. The van der Waals surface area contributed by atoms with Gasteiger partial charge in [-0.05, 0) is 39.5 Å². The van der Waals surface area contributed by atoms with Gasteiger partial charge < -0.3 is 5.32 Å². The van der Waals surface area contributed by atoms with E-state index in [1.807, 2.05) is 6.07 Å². The van der Waals surface area contributed by atoms with Crippen LogP contribution in [0.25, 0.3) is 0 Å². The van der Waals surface area contributed by atoms with E-state index in [2.05, 4.69) is 57.4 Å².